The van der Waals surface area contributed by atoms with Crippen molar-refractivity contribution in [2.45, 2.75) is 38.6 Å². The van der Waals surface area contributed by atoms with E-state index in [-0.39, 0.29) is 0 Å². The third-order valence-corrected chi connectivity index (χ3v) is 4.53. The van der Waals surface area contributed by atoms with Crippen molar-refractivity contribution in [3.8, 4) is 0 Å². The Bertz CT molecular complexity index is 361. The van der Waals surface area contributed by atoms with Gasteiger partial charge in [-0.15, -0.1) is 0 Å². The summed E-state index contributed by atoms with van der Waals surface area (Å²) < 4.78 is 1.15. The Morgan fingerprint density at radius 3 is 2.67 bits per heavy atom. The fourth-order valence-corrected chi connectivity index (χ4v) is 3.23. The first kappa shape index (κ1) is 13.9. The van der Waals surface area contributed by atoms with Crippen molar-refractivity contribution in [3.63, 3.8) is 0 Å². The summed E-state index contributed by atoms with van der Waals surface area (Å²) in [6.45, 7) is 5.61. The summed E-state index contributed by atoms with van der Waals surface area (Å²) in [6.07, 6.45) is 5.61. The van der Waals surface area contributed by atoms with Crippen LogP contribution in [0, 0.1) is 0 Å². The number of halogens is 1. The maximum atomic E-state index is 3.57. The van der Waals surface area contributed by atoms with Gasteiger partial charge in [0, 0.05) is 29.3 Å². The summed E-state index contributed by atoms with van der Waals surface area (Å²) in [7, 11) is 0. The molecule has 3 heteroatoms. The number of hydrogen-bond acceptors (Lipinski definition) is 2. The van der Waals surface area contributed by atoms with Gasteiger partial charge in [-0.3, -0.25) is 4.90 Å². The average molecular weight is 311 g/mol. The Balaban J connectivity index is 1.78. The summed E-state index contributed by atoms with van der Waals surface area (Å²) in [5.41, 5.74) is 1.19. The molecule has 0 aliphatic heterocycles. The van der Waals surface area contributed by atoms with Crippen LogP contribution in [-0.4, -0.2) is 30.6 Å². The maximum Gasteiger partial charge on any atom is 0.0485 e. The van der Waals surface area contributed by atoms with E-state index in [1.807, 2.05) is 6.07 Å². The van der Waals surface area contributed by atoms with Crippen LogP contribution < -0.4 is 5.32 Å². The molecular formula is C15H23BrN2. The first-order valence-electron chi connectivity index (χ1n) is 7.03. The predicted molar refractivity (Wildman–Crippen MR) is 82.1 cm³/mol. The summed E-state index contributed by atoms with van der Waals surface area (Å²) >= 11 is 3.57. The first-order valence-corrected chi connectivity index (χ1v) is 7.83. The summed E-state index contributed by atoms with van der Waals surface area (Å²) in [5.74, 6) is 0. The Labute approximate surface area is 119 Å². The lowest BCUT2D eigenvalue weighted by atomic mass is 10.2. The molecule has 2 nitrogen and oxygen atoms in total. The highest BCUT2D eigenvalue weighted by Gasteiger charge is 2.20. The highest BCUT2D eigenvalue weighted by Crippen LogP contribution is 2.24. The summed E-state index contributed by atoms with van der Waals surface area (Å²) in [6, 6.07) is 9.15. The molecule has 1 aliphatic carbocycles. The molecule has 100 valence electrons. The quantitative estimate of drug-likeness (QED) is 0.850. The van der Waals surface area contributed by atoms with E-state index in [0.29, 0.717) is 0 Å². The first-order chi connectivity index (χ1) is 8.81. The van der Waals surface area contributed by atoms with Crippen molar-refractivity contribution in [2.75, 3.05) is 25.0 Å². The average Bonchev–Trinajstić information content (AvgIpc) is 2.90. The smallest absolute Gasteiger partial charge is 0.0485 e. The monoisotopic (exact) mass is 310 g/mol. The van der Waals surface area contributed by atoms with Gasteiger partial charge in [-0.1, -0.05) is 31.9 Å². The number of hydrogen-bond donors (Lipinski definition) is 1. The van der Waals surface area contributed by atoms with Crippen LogP contribution in [0.3, 0.4) is 0 Å². The largest absolute Gasteiger partial charge is 0.383 e. The second-order valence-corrected chi connectivity index (χ2v) is 5.83. The lowest BCUT2D eigenvalue weighted by Crippen LogP contribution is -2.36. The molecule has 0 bridgehead atoms. The molecule has 0 atom stereocenters. The van der Waals surface area contributed by atoms with Crippen LogP contribution in [0.1, 0.15) is 32.6 Å². The zero-order chi connectivity index (χ0) is 12.8. The van der Waals surface area contributed by atoms with Gasteiger partial charge < -0.3 is 5.32 Å². The Kier molecular flexibility index (Phi) is 5.51. The van der Waals surface area contributed by atoms with Crippen LogP contribution in [0.15, 0.2) is 28.7 Å². The highest BCUT2D eigenvalue weighted by atomic mass is 79.9. The second-order valence-electron chi connectivity index (χ2n) is 4.97. The summed E-state index contributed by atoms with van der Waals surface area (Å²) in [4.78, 5) is 2.62. The molecule has 2 rings (SSSR count). The Hall–Kier alpha value is -0.540. The molecule has 1 aromatic carbocycles. The molecule has 0 unspecified atom stereocenters. The summed E-state index contributed by atoms with van der Waals surface area (Å²) in [5, 5.41) is 3.51. The Morgan fingerprint density at radius 1 is 1.28 bits per heavy atom. The molecule has 1 fully saturated rings. The molecule has 18 heavy (non-hydrogen) atoms. The van der Waals surface area contributed by atoms with Gasteiger partial charge in [0.05, 0.1) is 0 Å². The molecule has 0 radical (unpaired) electrons. The van der Waals surface area contributed by atoms with Crippen molar-refractivity contribution in [1.29, 1.82) is 0 Å². The van der Waals surface area contributed by atoms with Crippen LogP contribution in [0.2, 0.25) is 0 Å². The van der Waals surface area contributed by atoms with Crippen molar-refractivity contribution in [1.82, 2.24) is 4.90 Å². The topological polar surface area (TPSA) is 15.3 Å². The molecule has 0 saturated heterocycles. The highest BCUT2D eigenvalue weighted by molar-refractivity contribution is 9.10. The van der Waals surface area contributed by atoms with Gasteiger partial charge >= 0.3 is 0 Å². The SMILES string of the molecule is CCN(CCNc1ccccc1Br)C1CCCC1. The third kappa shape index (κ3) is 3.72. The number of rotatable bonds is 6. The molecular weight excluding hydrogens is 288 g/mol. The molecule has 1 aliphatic rings. The zero-order valence-electron chi connectivity index (χ0n) is 11.2. The molecule has 1 saturated carbocycles. The van der Waals surface area contributed by atoms with Crippen molar-refractivity contribution in [2.24, 2.45) is 0 Å². The van der Waals surface area contributed by atoms with Gasteiger partial charge in [0.1, 0.15) is 0 Å². The van der Waals surface area contributed by atoms with Gasteiger partial charge in [-0.2, -0.15) is 0 Å². The molecule has 0 amide bonds. The van der Waals surface area contributed by atoms with E-state index in [4.69, 9.17) is 0 Å². The number of nitrogens with one attached hydrogen (secondary N) is 1. The maximum absolute atomic E-state index is 3.57. The molecule has 1 N–H and O–H groups in total. The van der Waals surface area contributed by atoms with E-state index in [1.165, 1.54) is 37.9 Å². The minimum atomic E-state index is 0.830. The lowest BCUT2D eigenvalue weighted by molar-refractivity contribution is 0.217. The van der Waals surface area contributed by atoms with Gasteiger partial charge in [-0.25, -0.2) is 0 Å². The normalized spacial score (nSPS) is 16.4. The van der Waals surface area contributed by atoms with E-state index in [0.717, 1.165) is 23.6 Å². The van der Waals surface area contributed by atoms with Crippen LogP contribution in [0.25, 0.3) is 0 Å². The van der Waals surface area contributed by atoms with Crippen LogP contribution in [0.5, 0.6) is 0 Å². The molecule has 1 aromatic rings. The van der Waals surface area contributed by atoms with E-state index in [1.54, 1.807) is 0 Å². The minimum Gasteiger partial charge on any atom is -0.383 e. The molecule has 0 spiro atoms. The van der Waals surface area contributed by atoms with Gasteiger partial charge in [0.2, 0.25) is 0 Å². The van der Waals surface area contributed by atoms with Gasteiger partial charge in [0.15, 0.2) is 0 Å². The van der Waals surface area contributed by atoms with Gasteiger partial charge in [-0.05, 0) is 47.4 Å². The number of benzene rings is 1. The number of para-hydroxylation sites is 1. The molecule has 0 aromatic heterocycles. The van der Waals surface area contributed by atoms with Crippen LogP contribution in [0.4, 0.5) is 5.69 Å². The standard InChI is InChI=1S/C15H23BrN2/c1-2-18(13-7-3-4-8-13)12-11-17-15-10-6-5-9-14(15)16/h5-6,9-10,13,17H,2-4,7-8,11-12H2,1H3. The van der Waals surface area contributed by atoms with E-state index < -0.39 is 0 Å². The van der Waals surface area contributed by atoms with Crippen molar-refractivity contribution >= 4 is 21.6 Å². The van der Waals surface area contributed by atoms with Crippen LogP contribution >= 0.6 is 15.9 Å². The van der Waals surface area contributed by atoms with E-state index in [2.05, 4.69) is 51.3 Å². The van der Waals surface area contributed by atoms with E-state index in [9.17, 15) is 0 Å². The minimum absolute atomic E-state index is 0.830. The number of likely N-dealkylation sites (N-methyl/N-ethyl adjacent to an activating group) is 1. The predicted octanol–water partition coefficient (Wildman–Crippen LogP) is 4.13. The Morgan fingerprint density at radius 2 is 2.00 bits per heavy atom. The molecule has 0 heterocycles. The van der Waals surface area contributed by atoms with Crippen molar-refractivity contribution < 1.29 is 0 Å². The second kappa shape index (κ2) is 7.15. The van der Waals surface area contributed by atoms with Crippen LogP contribution in [-0.2, 0) is 0 Å². The number of nitrogens with zero attached hydrogens (tertiary/aromatic N) is 1. The van der Waals surface area contributed by atoms with Crippen molar-refractivity contribution in [3.05, 3.63) is 28.7 Å². The van der Waals surface area contributed by atoms with Gasteiger partial charge in [0.25, 0.3) is 0 Å². The fraction of sp³-hybridized carbons (Fsp3) is 0.600. The third-order valence-electron chi connectivity index (χ3n) is 3.84. The number of anilines is 1. The lowest BCUT2D eigenvalue weighted by Gasteiger charge is -2.27. The fourth-order valence-electron chi connectivity index (χ4n) is 2.81. The zero-order valence-corrected chi connectivity index (χ0v) is 12.7. The van der Waals surface area contributed by atoms with E-state index >= 15 is 0 Å².